The highest BCUT2D eigenvalue weighted by atomic mass is 14.9. The third-order valence-electron chi connectivity index (χ3n) is 3.70. The fourth-order valence-corrected chi connectivity index (χ4v) is 2.62. The summed E-state index contributed by atoms with van der Waals surface area (Å²) in [5.74, 6) is 0. The number of hydrogen-bond acceptors (Lipinski definition) is 2. The molecule has 0 fully saturated rings. The third-order valence-corrected chi connectivity index (χ3v) is 3.70. The van der Waals surface area contributed by atoms with E-state index >= 15 is 0 Å². The number of aromatic nitrogens is 1. The van der Waals surface area contributed by atoms with Crippen molar-refractivity contribution >= 4 is 10.9 Å². The second-order valence-electron chi connectivity index (χ2n) is 5.01. The number of hydrogen-bond donors (Lipinski definition) is 1. The Balaban J connectivity index is 2.10. The lowest BCUT2D eigenvalue weighted by Gasteiger charge is -2.18. The summed E-state index contributed by atoms with van der Waals surface area (Å²) in [6.45, 7) is 2.14. The van der Waals surface area contributed by atoms with E-state index in [1.54, 1.807) is 0 Å². The van der Waals surface area contributed by atoms with Gasteiger partial charge in [0.1, 0.15) is 0 Å². The number of benzene rings is 2. The van der Waals surface area contributed by atoms with Gasteiger partial charge in [0.2, 0.25) is 0 Å². The Morgan fingerprint density at radius 2 is 1.65 bits per heavy atom. The Kier molecular flexibility index (Phi) is 3.48. The van der Waals surface area contributed by atoms with Crippen molar-refractivity contribution in [3.63, 3.8) is 0 Å². The van der Waals surface area contributed by atoms with Gasteiger partial charge in [0.25, 0.3) is 0 Å². The van der Waals surface area contributed by atoms with Crippen LogP contribution >= 0.6 is 0 Å². The molecule has 0 radical (unpaired) electrons. The number of rotatable bonds is 3. The SMILES string of the molecule is CNC(c1ccc2ccccc2n1)c1ccccc1C. The first-order valence-corrected chi connectivity index (χ1v) is 6.88. The van der Waals surface area contributed by atoms with Crippen LogP contribution in [0.15, 0.2) is 60.7 Å². The van der Waals surface area contributed by atoms with Gasteiger partial charge in [-0.3, -0.25) is 4.98 Å². The molecule has 2 aromatic carbocycles. The summed E-state index contributed by atoms with van der Waals surface area (Å²) >= 11 is 0. The molecule has 20 heavy (non-hydrogen) atoms. The van der Waals surface area contributed by atoms with Gasteiger partial charge in [-0.2, -0.15) is 0 Å². The van der Waals surface area contributed by atoms with Gasteiger partial charge in [0.15, 0.2) is 0 Å². The van der Waals surface area contributed by atoms with Crippen LogP contribution < -0.4 is 5.32 Å². The van der Waals surface area contributed by atoms with E-state index in [0.29, 0.717) is 0 Å². The molecule has 0 amide bonds. The van der Waals surface area contributed by atoms with Gasteiger partial charge in [-0.1, -0.05) is 48.5 Å². The van der Waals surface area contributed by atoms with Crippen molar-refractivity contribution in [2.24, 2.45) is 0 Å². The Bertz CT molecular complexity index is 734. The molecular weight excluding hydrogens is 244 g/mol. The zero-order valence-corrected chi connectivity index (χ0v) is 11.8. The second kappa shape index (κ2) is 5.43. The maximum atomic E-state index is 4.80. The van der Waals surface area contributed by atoms with E-state index in [4.69, 9.17) is 4.98 Å². The van der Waals surface area contributed by atoms with Gasteiger partial charge in [0.05, 0.1) is 17.3 Å². The van der Waals surface area contributed by atoms with Crippen LogP contribution in [0.2, 0.25) is 0 Å². The molecule has 0 saturated heterocycles. The highest BCUT2D eigenvalue weighted by Crippen LogP contribution is 2.24. The lowest BCUT2D eigenvalue weighted by Crippen LogP contribution is -2.19. The van der Waals surface area contributed by atoms with Crippen molar-refractivity contribution < 1.29 is 0 Å². The first-order chi connectivity index (χ1) is 9.79. The summed E-state index contributed by atoms with van der Waals surface area (Å²) < 4.78 is 0. The first kappa shape index (κ1) is 12.8. The topological polar surface area (TPSA) is 24.9 Å². The zero-order chi connectivity index (χ0) is 13.9. The predicted molar refractivity (Wildman–Crippen MR) is 83.8 cm³/mol. The summed E-state index contributed by atoms with van der Waals surface area (Å²) in [6.07, 6.45) is 0. The van der Waals surface area contributed by atoms with Crippen molar-refractivity contribution in [2.75, 3.05) is 7.05 Å². The van der Waals surface area contributed by atoms with Crippen LogP contribution in [0.25, 0.3) is 10.9 Å². The van der Waals surface area contributed by atoms with Gasteiger partial charge in [-0.15, -0.1) is 0 Å². The van der Waals surface area contributed by atoms with Crippen LogP contribution in [0.5, 0.6) is 0 Å². The average Bonchev–Trinajstić information content (AvgIpc) is 2.50. The van der Waals surface area contributed by atoms with Crippen LogP contribution in [0.3, 0.4) is 0 Å². The molecule has 1 unspecified atom stereocenters. The van der Waals surface area contributed by atoms with Crippen LogP contribution in [0.4, 0.5) is 0 Å². The molecule has 0 aliphatic heterocycles. The molecule has 0 aliphatic rings. The molecule has 0 bridgehead atoms. The van der Waals surface area contributed by atoms with Crippen LogP contribution in [0.1, 0.15) is 22.9 Å². The maximum Gasteiger partial charge on any atom is 0.0751 e. The average molecular weight is 262 g/mol. The highest BCUT2D eigenvalue weighted by molar-refractivity contribution is 5.78. The molecule has 3 aromatic rings. The van der Waals surface area contributed by atoms with E-state index in [1.807, 2.05) is 19.2 Å². The molecule has 2 heteroatoms. The molecular formula is C18H18N2. The zero-order valence-electron chi connectivity index (χ0n) is 11.8. The third kappa shape index (κ3) is 2.30. The quantitative estimate of drug-likeness (QED) is 0.775. The maximum absolute atomic E-state index is 4.80. The Morgan fingerprint density at radius 3 is 2.45 bits per heavy atom. The molecule has 0 aliphatic carbocycles. The molecule has 100 valence electrons. The number of para-hydroxylation sites is 1. The number of nitrogens with one attached hydrogen (secondary N) is 1. The number of fused-ring (bicyclic) bond motifs is 1. The first-order valence-electron chi connectivity index (χ1n) is 6.88. The van der Waals surface area contributed by atoms with Crippen molar-refractivity contribution in [2.45, 2.75) is 13.0 Å². The van der Waals surface area contributed by atoms with Crippen molar-refractivity contribution in [3.05, 3.63) is 77.5 Å². The minimum Gasteiger partial charge on any atom is -0.308 e. The summed E-state index contributed by atoms with van der Waals surface area (Å²) in [6, 6.07) is 21.0. The van der Waals surface area contributed by atoms with Gasteiger partial charge >= 0.3 is 0 Å². The van der Waals surface area contributed by atoms with Crippen molar-refractivity contribution in [1.82, 2.24) is 10.3 Å². The summed E-state index contributed by atoms with van der Waals surface area (Å²) in [5.41, 5.74) is 4.65. The Morgan fingerprint density at radius 1 is 0.900 bits per heavy atom. The standard InChI is InChI=1S/C18H18N2/c1-13-7-3-5-9-15(13)18(19-2)17-12-11-14-8-4-6-10-16(14)20-17/h3-12,18-19H,1-2H3. The van der Waals surface area contributed by atoms with Crippen LogP contribution in [-0.4, -0.2) is 12.0 Å². The summed E-state index contributed by atoms with van der Waals surface area (Å²) in [7, 11) is 1.98. The molecule has 1 N–H and O–H groups in total. The van der Waals surface area contributed by atoms with E-state index in [9.17, 15) is 0 Å². The predicted octanol–water partition coefficient (Wildman–Crippen LogP) is 3.85. The molecule has 1 heterocycles. The second-order valence-corrected chi connectivity index (χ2v) is 5.01. The van der Waals surface area contributed by atoms with Gasteiger partial charge in [-0.25, -0.2) is 0 Å². The summed E-state index contributed by atoms with van der Waals surface area (Å²) in [5, 5.41) is 4.55. The molecule has 1 aromatic heterocycles. The van der Waals surface area contributed by atoms with Crippen LogP contribution in [0, 0.1) is 6.92 Å². The normalized spacial score (nSPS) is 12.5. The van der Waals surface area contributed by atoms with E-state index in [2.05, 4.69) is 60.8 Å². The molecule has 1 atom stereocenters. The van der Waals surface area contributed by atoms with Crippen LogP contribution in [-0.2, 0) is 0 Å². The number of nitrogens with zero attached hydrogens (tertiary/aromatic N) is 1. The van der Waals surface area contributed by atoms with E-state index in [1.165, 1.54) is 16.5 Å². The molecule has 0 spiro atoms. The number of pyridine rings is 1. The van der Waals surface area contributed by atoms with Gasteiger partial charge in [0, 0.05) is 5.39 Å². The smallest absolute Gasteiger partial charge is 0.0751 e. The molecule has 0 saturated carbocycles. The molecule has 2 nitrogen and oxygen atoms in total. The van der Waals surface area contributed by atoms with Crippen molar-refractivity contribution in [1.29, 1.82) is 0 Å². The lowest BCUT2D eigenvalue weighted by atomic mass is 9.98. The monoisotopic (exact) mass is 262 g/mol. The molecule has 3 rings (SSSR count). The minimum atomic E-state index is 0.126. The fraction of sp³-hybridized carbons (Fsp3) is 0.167. The lowest BCUT2D eigenvalue weighted by molar-refractivity contribution is 0.670. The van der Waals surface area contributed by atoms with Gasteiger partial charge < -0.3 is 5.32 Å². The summed E-state index contributed by atoms with van der Waals surface area (Å²) in [4.78, 5) is 4.80. The van der Waals surface area contributed by atoms with E-state index in [0.717, 1.165) is 11.2 Å². The van der Waals surface area contributed by atoms with E-state index < -0.39 is 0 Å². The van der Waals surface area contributed by atoms with Gasteiger partial charge in [-0.05, 0) is 37.2 Å². The largest absolute Gasteiger partial charge is 0.308 e. The van der Waals surface area contributed by atoms with E-state index in [-0.39, 0.29) is 6.04 Å². The highest BCUT2D eigenvalue weighted by Gasteiger charge is 2.15. The Labute approximate surface area is 119 Å². The Hall–Kier alpha value is -2.19. The fourth-order valence-electron chi connectivity index (χ4n) is 2.62. The minimum absolute atomic E-state index is 0.126. The number of aryl methyl sites for hydroxylation is 1. The van der Waals surface area contributed by atoms with Crippen molar-refractivity contribution in [3.8, 4) is 0 Å².